The number of nitrogens with zero attached hydrogens (tertiary/aromatic N) is 3. The third-order valence-electron chi connectivity index (χ3n) is 5.25. The van der Waals surface area contributed by atoms with Crippen molar-refractivity contribution in [3.8, 4) is 11.3 Å². The number of hydrogen-bond acceptors (Lipinski definition) is 4. The summed E-state index contributed by atoms with van der Waals surface area (Å²) in [5.74, 6) is 1.51. The highest BCUT2D eigenvalue weighted by atomic mass is 16.1. The van der Waals surface area contributed by atoms with Gasteiger partial charge in [-0.25, -0.2) is 0 Å². The maximum absolute atomic E-state index is 12.4. The number of rotatable bonds is 5. The first kappa shape index (κ1) is 19.3. The molecular weight excluding hydrogens is 336 g/mol. The fourth-order valence-corrected chi connectivity index (χ4v) is 3.40. The first-order valence-corrected chi connectivity index (χ1v) is 9.88. The maximum Gasteiger partial charge on any atom is 0.224 e. The molecule has 144 valence electrons. The van der Waals surface area contributed by atoms with Gasteiger partial charge >= 0.3 is 0 Å². The number of hydrogen-bond donors (Lipinski definition) is 1. The number of nitrogens with one attached hydrogen (secondary N) is 1. The van der Waals surface area contributed by atoms with Crippen molar-refractivity contribution in [2.45, 2.75) is 40.5 Å². The number of aryl methyl sites for hydroxylation is 2. The second kappa shape index (κ2) is 8.51. The van der Waals surface area contributed by atoms with E-state index < -0.39 is 0 Å². The monoisotopic (exact) mass is 366 g/mol. The zero-order valence-corrected chi connectivity index (χ0v) is 16.8. The van der Waals surface area contributed by atoms with E-state index >= 15 is 0 Å². The van der Waals surface area contributed by atoms with Crippen LogP contribution in [0.2, 0.25) is 0 Å². The third-order valence-corrected chi connectivity index (χ3v) is 5.25. The first-order chi connectivity index (χ1) is 12.9. The molecule has 1 saturated heterocycles. The average Bonchev–Trinajstić information content (AvgIpc) is 2.68. The van der Waals surface area contributed by atoms with Crippen molar-refractivity contribution in [2.75, 3.05) is 24.5 Å². The molecule has 27 heavy (non-hydrogen) atoms. The SMILES string of the molecule is Cc1ccc(-c2ccc(N3CCCC(C(=O)NCC(C)C)C3)nn2)cc1C. The van der Waals surface area contributed by atoms with E-state index in [0.717, 1.165) is 43.0 Å². The van der Waals surface area contributed by atoms with Crippen molar-refractivity contribution < 1.29 is 4.79 Å². The van der Waals surface area contributed by atoms with E-state index in [9.17, 15) is 4.79 Å². The van der Waals surface area contributed by atoms with Crippen LogP contribution in [0.4, 0.5) is 5.82 Å². The molecule has 1 aliphatic rings. The number of amides is 1. The zero-order valence-electron chi connectivity index (χ0n) is 16.8. The molecule has 1 amide bonds. The molecule has 0 radical (unpaired) electrons. The molecule has 5 nitrogen and oxygen atoms in total. The minimum atomic E-state index is 0.0266. The predicted octanol–water partition coefficient (Wildman–Crippen LogP) is 3.75. The number of anilines is 1. The topological polar surface area (TPSA) is 58.1 Å². The van der Waals surface area contributed by atoms with Gasteiger partial charge < -0.3 is 10.2 Å². The zero-order chi connectivity index (χ0) is 19.4. The Kier molecular flexibility index (Phi) is 6.09. The highest BCUT2D eigenvalue weighted by Crippen LogP contribution is 2.24. The van der Waals surface area contributed by atoms with Gasteiger partial charge in [-0.1, -0.05) is 26.0 Å². The molecule has 5 heteroatoms. The van der Waals surface area contributed by atoms with Crippen molar-refractivity contribution in [2.24, 2.45) is 11.8 Å². The van der Waals surface area contributed by atoms with Crippen molar-refractivity contribution in [3.05, 3.63) is 41.5 Å². The molecule has 0 spiro atoms. The average molecular weight is 367 g/mol. The smallest absolute Gasteiger partial charge is 0.224 e. The summed E-state index contributed by atoms with van der Waals surface area (Å²) in [6.45, 7) is 10.8. The largest absolute Gasteiger partial charge is 0.356 e. The Balaban J connectivity index is 1.67. The molecule has 0 aliphatic carbocycles. The summed E-state index contributed by atoms with van der Waals surface area (Å²) in [5, 5.41) is 11.9. The lowest BCUT2D eigenvalue weighted by Gasteiger charge is -2.32. The van der Waals surface area contributed by atoms with Crippen LogP contribution in [0.25, 0.3) is 11.3 Å². The van der Waals surface area contributed by atoms with Gasteiger partial charge in [0, 0.05) is 25.2 Å². The van der Waals surface area contributed by atoms with Crippen molar-refractivity contribution in [1.82, 2.24) is 15.5 Å². The maximum atomic E-state index is 12.4. The minimum absolute atomic E-state index is 0.0266. The molecular formula is C22H30N4O. The van der Waals surface area contributed by atoms with Crippen LogP contribution in [0.5, 0.6) is 0 Å². The van der Waals surface area contributed by atoms with Crippen LogP contribution in [0.3, 0.4) is 0 Å². The van der Waals surface area contributed by atoms with E-state index in [1.807, 2.05) is 12.1 Å². The van der Waals surface area contributed by atoms with Gasteiger partial charge in [0.25, 0.3) is 0 Å². The van der Waals surface area contributed by atoms with Gasteiger partial charge in [0.1, 0.15) is 0 Å². The van der Waals surface area contributed by atoms with Crippen LogP contribution in [0, 0.1) is 25.7 Å². The standard InChI is InChI=1S/C22H30N4O/c1-15(2)13-23-22(27)19-6-5-11-26(14-19)21-10-9-20(24-25-21)18-8-7-16(3)17(4)12-18/h7-10,12,15,19H,5-6,11,13-14H2,1-4H3,(H,23,27). The normalized spacial score (nSPS) is 17.2. The molecule has 0 bridgehead atoms. The van der Waals surface area contributed by atoms with E-state index in [1.54, 1.807) is 0 Å². The summed E-state index contributed by atoms with van der Waals surface area (Å²) in [5.41, 5.74) is 4.50. The van der Waals surface area contributed by atoms with E-state index in [-0.39, 0.29) is 11.8 Å². The Morgan fingerprint density at radius 3 is 2.67 bits per heavy atom. The molecule has 1 atom stereocenters. The van der Waals surface area contributed by atoms with Gasteiger partial charge in [-0.15, -0.1) is 10.2 Å². The Bertz CT molecular complexity index is 785. The van der Waals surface area contributed by atoms with Gasteiger partial charge in [0.05, 0.1) is 11.6 Å². The Morgan fingerprint density at radius 1 is 1.19 bits per heavy atom. The third kappa shape index (κ3) is 4.85. The fraction of sp³-hybridized carbons (Fsp3) is 0.500. The lowest BCUT2D eigenvalue weighted by molar-refractivity contribution is -0.125. The number of piperidine rings is 1. The summed E-state index contributed by atoms with van der Waals surface area (Å²) < 4.78 is 0. The summed E-state index contributed by atoms with van der Waals surface area (Å²) in [4.78, 5) is 14.6. The van der Waals surface area contributed by atoms with E-state index in [4.69, 9.17) is 0 Å². The van der Waals surface area contributed by atoms with Crippen molar-refractivity contribution >= 4 is 11.7 Å². The van der Waals surface area contributed by atoms with E-state index in [2.05, 4.69) is 66.3 Å². The van der Waals surface area contributed by atoms with Gasteiger partial charge in [-0.05, 0) is 61.9 Å². The molecule has 2 heterocycles. The van der Waals surface area contributed by atoms with Crippen LogP contribution >= 0.6 is 0 Å². The number of aromatic nitrogens is 2. The molecule has 1 unspecified atom stereocenters. The molecule has 1 N–H and O–H groups in total. The molecule has 1 fully saturated rings. The van der Waals surface area contributed by atoms with Crippen LogP contribution < -0.4 is 10.2 Å². The van der Waals surface area contributed by atoms with Crippen molar-refractivity contribution in [1.29, 1.82) is 0 Å². The van der Waals surface area contributed by atoms with Gasteiger partial charge in [0.15, 0.2) is 5.82 Å². The summed E-state index contributed by atoms with van der Waals surface area (Å²) in [6, 6.07) is 10.4. The van der Waals surface area contributed by atoms with Gasteiger partial charge in [0.2, 0.25) is 5.91 Å². The van der Waals surface area contributed by atoms with Crippen LogP contribution in [0.1, 0.15) is 37.8 Å². The number of carbonyl (C=O) groups is 1. The molecule has 1 aliphatic heterocycles. The first-order valence-electron chi connectivity index (χ1n) is 9.88. The summed E-state index contributed by atoms with van der Waals surface area (Å²) >= 11 is 0. The molecule has 0 saturated carbocycles. The molecule has 3 rings (SSSR count). The number of benzene rings is 1. The lowest BCUT2D eigenvalue weighted by Crippen LogP contribution is -2.44. The van der Waals surface area contributed by atoms with Crippen LogP contribution in [0.15, 0.2) is 30.3 Å². The van der Waals surface area contributed by atoms with Crippen molar-refractivity contribution in [3.63, 3.8) is 0 Å². The van der Waals surface area contributed by atoms with E-state index in [0.29, 0.717) is 12.5 Å². The predicted molar refractivity (Wildman–Crippen MR) is 110 cm³/mol. The van der Waals surface area contributed by atoms with Gasteiger partial charge in [-0.3, -0.25) is 4.79 Å². The van der Waals surface area contributed by atoms with Gasteiger partial charge in [-0.2, -0.15) is 0 Å². The Hall–Kier alpha value is -2.43. The van der Waals surface area contributed by atoms with Crippen LogP contribution in [-0.4, -0.2) is 35.7 Å². The summed E-state index contributed by atoms with van der Waals surface area (Å²) in [6.07, 6.45) is 1.94. The fourth-order valence-electron chi connectivity index (χ4n) is 3.40. The lowest BCUT2D eigenvalue weighted by atomic mass is 9.97. The highest BCUT2D eigenvalue weighted by molar-refractivity contribution is 5.79. The highest BCUT2D eigenvalue weighted by Gasteiger charge is 2.26. The molecule has 2 aromatic rings. The second-order valence-electron chi connectivity index (χ2n) is 8.00. The Morgan fingerprint density at radius 2 is 2.00 bits per heavy atom. The van der Waals surface area contributed by atoms with E-state index in [1.165, 1.54) is 11.1 Å². The summed E-state index contributed by atoms with van der Waals surface area (Å²) in [7, 11) is 0. The quantitative estimate of drug-likeness (QED) is 0.876. The Labute approximate surface area is 162 Å². The number of carbonyl (C=O) groups excluding carboxylic acids is 1. The second-order valence-corrected chi connectivity index (χ2v) is 8.00. The molecule has 1 aromatic heterocycles. The van der Waals surface area contributed by atoms with Crippen LogP contribution in [-0.2, 0) is 4.79 Å². The molecule has 1 aromatic carbocycles. The minimum Gasteiger partial charge on any atom is -0.356 e.